The first-order valence-corrected chi connectivity index (χ1v) is 8.71. The molecule has 0 amide bonds. The van der Waals surface area contributed by atoms with Gasteiger partial charge in [0.25, 0.3) is 0 Å². The van der Waals surface area contributed by atoms with Gasteiger partial charge in [-0.1, -0.05) is 19.3 Å². The van der Waals surface area contributed by atoms with Gasteiger partial charge in [-0.25, -0.2) is 0 Å². The average Bonchev–Trinajstić information content (AvgIpc) is 2.95. The molecule has 1 atom stereocenters. The van der Waals surface area contributed by atoms with E-state index in [2.05, 4.69) is 24.1 Å². The summed E-state index contributed by atoms with van der Waals surface area (Å²) in [7, 11) is 0. The van der Waals surface area contributed by atoms with E-state index in [9.17, 15) is 0 Å². The second kappa shape index (κ2) is 5.94. The summed E-state index contributed by atoms with van der Waals surface area (Å²) in [5.74, 6) is 0. The zero-order valence-corrected chi connectivity index (χ0v) is 13.4. The lowest BCUT2D eigenvalue weighted by Gasteiger charge is -2.55. The number of ether oxygens (including phenoxy) is 1. The second-order valence-corrected chi connectivity index (χ2v) is 7.87. The zero-order valence-electron chi connectivity index (χ0n) is 13.4. The molecule has 3 nitrogen and oxygen atoms in total. The SMILES string of the molecule is CC1(C)CN(CCC2CCCO2)C2(CCCCC2)CN1. The van der Waals surface area contributed by atoms with Crippen LogP contribution in [-0.2, 0) is 4.74 Å². The highest BCUT2D eigenvalue weighted by atomic mass is 16.5. The molecule has 20 heavy (non-hydrogen) atoms. The van der Waals surface area contributed by atoms with Gasteiger partial charge in [0.15, 0.2) is 0 Å². The van der Waals surface area contributed by atoms with E-state index in [0.29, 0.717) is 11.6 Å². The largest absolute Gasteiger partial charge is 0.378 e. The minimum absolute atomic E-state index is 0.263. The van der Waals surface area contributed by atoms with Crippen molar-refractivity contribution < 1.29 is 4.74 Å². The Morgan fingerprint density at radius 2 is 1.95 bits per heavy atom. The summed E-state index contributed by atoms with van der Waals surface area (Å²) in [5.41, 5.74) is 0.714. The van der Waals surface area contributed by atoms with Gasteiger partial charge in [-0.15, -0.1) is 0 Å². The van der Waals surface area contributed by atoms with Crippen LogP contribution < -0.4 is 5.32 Å². The Hall–Kier alpha value is -0.120. The Kier molecular flexibility index (Phi) is 4.40. The quantitative estimate of drug-likeness (QED) is 0.860. The van der Waals surface area contributed by atoms with Crippen molar-refractivity contribution in [3.63, 3.8) is 0 Å². The van der Waals surface area contributed by atoms with E-state index >= 15 is 0 Å². The number of rotatable bonds is 3. The van der Waals surface area contributed by atoms with Crippen molar-refractivity contribution in [2.45, 2.75) is 82.4 Å². The molecule has 3 aliphatic rings. The van der Waals surface area contributed by atoms with Gasteiger partial charge in [0, 0.05) is 37.3 Å². The zero-order chi connectivity index (χ0) is 14.1. The molecule has 3 rings (SSSR count). The molecule has 2 heterocycles. The molecule has 0 bridgehead atoms. The molecule has 1 unspecified atom stereocenters. The van der Waals surface area contributed by atoms with Gasteiger partial charge in [0.2, 0.25) is 0 Å². The fourth-order valence-corrected chi connectivity index (χ4v) is 4.41. The van der Waals surface area contributed by atoms with E-state index in [4.69, 9.17) is 4.74 Å². The second-order valence-electron chi connectivity index (χ2n) is 7.87. The molecule has 3 fully saturated rings. The summed E-state index contributed by atoms with van der Waals surface area (Å²) in [5, 5.41) is 3.80. The van der Waals surface area contributed by atoms with Gasteiger partial charge < -0.3 is 10.1 Å². The van der Waals surface area contributed by atoms with Gasteiger partial charge in [-0.05, 0) is 46.0 Å². The highest BCUT2D eigenvalue weighted by Gasteiger charge is 2.44. The fraction of sp³-hybridized carbons (Fsp3) is 1.00. The summed E-state index contributed by atoms with van der Waals surface area (Å²) in [6, 6.07) is 0. The molecule has 1 spiro atoms. The maximum absolute atomic E-state index is 5.83. The van der Waals surface area contributed by atoms with Crippen LogP contribution in [0.4, 0.5) is 0 Å². The molecule has 0 aromatic carbocycles. The van der Waals surface area contributed by atoms with E-state index in [0.717, 1.165) is 6.61 Å². The third-order valence-corrected chi connectivity index (χ3v) is 5.68. The lowest BCUT2D eigenvalue weighted by Crippen LogP contribution is -2.68. The normalized spacial score (nSPS) is 33.6. The molecular formula is C17H32N2O. The first-order chi connectivity index (χ1) is 9.60. The molecule has 1 aliphatic carbocycles. The molecule has 1 saturated carbocycles. The van der Waals surface area contributed by atoms with Crippen molar-refractivity contribution >= 4 is 0 Å². The summed E-state index contributed by atoms with van der Waals surface area (Å²) in [4.78, 5) is 2.82. The Bertz CT molecular complexity index is 317. The summed E-state index contributed by atoms with van der Waals surface area (Å²) < 4.78 is 5.83. The molecule has 0 radical (unpaired) electrons. The van der Waals surface area contributed by atoms with Crippen molar-refractivity contribution in [1.29, 1.82) is 0 Å². The van der Waals surface area contributed by atoms with Gasteiger partial charge >= 0.3 is 0 Å². The van der Waals surface area contributed by atoms with Crippen LogP contribution in [0.3, 0.4) is 0 Å². The van der Waals surface area contributed by atoms with Crippen molar-refractivity contribution in [3.05, 3.63) is 0 Å². The predicted molar refractivity (Wildman–Crippen MR) is 83.1 cm³/mol. The molecule has 116 valence electrons. The third kappa shape index (κ3) is 3.20. The highest BCUT2D eigenvalue weighted by molar-refractivity contribution is 5.03. The number of hydrogen-bond acceptors (Lipinski definition) is 3. The van der Waals surface area contributed by atoms with Crippen LogP contribution in [0.2, 0.25) is 0 Å². The van der Waals surface area contributed by atoms with Crippen molar-refractivity contribution in [2.24, 2.45) is 0 Å². The van der Waals surface area contributed by atoms with E-state index in [-0.39, 0.29) is 5.54 Å². The molecule has 1 N–H and O–H groups in total. The first-order valence-electron chi connectivity index (χ1n) is 8.71. The molecular weight excluding hydrogens is 248 g/mol. The van der Waals surface area contributed by atoms with Crippen molar-refractivity contribution in [3.8, 4) is 0 Å². The topological polar surface area (TPSA) is 24.5 Å². The van der Waals surface area contributed by atoms with Gasteiger partial charge in [0.05, 0.1) is 6.10 Å². The summed E-state index contributed by atoms with van der Waals surface area (Å²) >= 11 is 0. The standard InChI is InChI=1S/C17H32N2O/c1-16(2)14-19(11-8-15-7-6-12-20-15)17(13-18-16)9-4-3-5-10-17/h15,18H,3-14H2,1-2H3. The van der Waals surface area contributed by atoms with E-state index in [1.807, 2.05) is 0 Å². The fourth-order valence-electron chi connectivity index (χ4n) is 4.41. The Balaban J connectivity index is 1.64. The van der Waals surface area contributed by atoms with Crippen molar-refractivity contribution in [2.75, 3.05) is 26.2 Å². The van der Waals surface area contributed by atoms with Crippen LogP contribution in [-0.4, -0.2) is 48.3 Å². The van der Waals surface area contributed by atoms with Gasteiger partial charge in [0.1, 0.15) is 0 Å². The molecule has 3 heteroatoms. The van der Waals surface area contributed by atoms with E-state index in [1.54, 1.807) is 0 Å². The number of nitrogens with one attached hydrogen (secondary N) is 1. The van der Waals surface area contributed by atoms with E-state index < -0.39 is 0 Å². The molecule has 2 aliphatic heterocycles. The maximum Gasteiger partial charge on any atom is 0.0588 e. The molecule has 0 aromatic rings. The van der Waals surface area contributed by atoms with Gasteiger partial charge in [-0.3, -0.25) is 4.90 Å². The number of piperazine rings is 1. The summed E-state index contributed by atoms with van der Waals surface area (Å²) in [6.45, 7) is 9.30. The van der Waals surface area contributed by atoms with Crippen LogP contribution in [0.1, 0.15) is 65.2 Å². The maximum atomic E-state index is 5.83. The minimum atomic E-state index is 0.263. The Morgan fingerprint density at radius 3 is 2.65 bits per heavy atom. The molecule has 0 aromatic heterocycles. The Morgan fingerprint density at radius 1 is 1.15 bits per heavy atom. The van der Waals surface area contributed by atoms with Crippen LogP contribution in [0.5, 0.6) is 0 Å². The monoisotopic (exact) mass is 280 g/mol. The first kappa shape index (κ1) is 14.8. The van der Waals surface area contributed by atoms with Crippen LogP contribution in [0, 0.1) is 0 Å². The van der Waals surface area contributed by atoms with E-state index in [1.165, 1.54) is 71.0 Å². The van der Waals surface area contributed by atoms with Gasteiger partial charge in [-0.2, -0.15) is 0 Å². The average molecular weight is 280 g/mol. The lowest BCUT2D eigenvalue weighted by molar-refractivity contribution is -0.0200. The van der Waals surface area contributed by atoms with Crippen LogP contribution in [0.25, 0.3) is 0 Å². The summed E-state index contributed by atoms with van der Waals surface area (Å²) in [6.07, 6.45) is 11.4. The predicted octanol–water partition coefficient (Wildman–Crippen LogP) is 2.94. The molecule has 2 saturated heterocycles. The lowest BCUT2D eigenvalue weighted by atomic mass is 9.76. The smallest absolute Gasteiger partial charge is 0.0588 e. The van der Waals surface area contributed by atoms with Crippen LogP contribution >= 0.6 is 0 Å². The van der Waals surface area contributed by atoms with Crippen LogP contribution in [0.15, 0.2) is 0 Å². The Labute approximate surface area is 124 Å². The highest BCUT2D eigenvalue weighted by Crippen LogP contribution is 2.37. The third-order valence-electron chi connectivity index (χ3n) is 5.68. The van der Waals surface area contributed by atoms with Crippen molar-refractivity contribution in [1.82, 2.24) is 10.2 Å². The minimum Gasteiger partial charge on any atom is -0.378 e. The number of hydrogen-bond donors (Lipinski definition) is 1. The number of nitrogens with zero attached hydrogens (tertiary/aromatic N) is 1.